The van der Waals surface area contributed by atoms with Crippen molar-refractivity contribution in [3.8, 4) is 0 Å². The molecule has 0 fully saturated rings. The van der Waals surface area contributed by atoms with Crippen LogP contribution in [0.1, 0.15) is 0 Å². The molecule has 0 aromatic heterocycles. The molecule has 0 saturated heterocycles. The van der Waals surface area contributed by atoms with Crippen molar-refractivity contribution < 1.29 is 103 Å². The first-order valence-electron chi connectivity index (χ1n) is 0. The van der Waals surface area contributed by atoms with Crippen LogP contribution in [0.3, 0.4) is 0 Å². The Labute approximate surface area is 101 Å². The van der Waals surface area contributed by atoms with Crippen LogP contribution in [0.4, 0.5) is 0 Å². The predicted octanol–water partition coefficient (Wildman–Crippen LogP) is -0.00750. The molecular weight excluding hydrogens is 481 g/mol. The van der Waals surface area contributed by atoms with Gasteiger partial charge >= 0.3 is 0 Å². The molecule has 0 saturated carbocycles. The first-order valence-corrected chi connectivity index (χ1v) is 0. The predicted molar refractivity (Wildman–Crippen MR) is 0 cm³/mol. The van der Waals surface area contributed by atoms with Crippen LogP contribution < -0.4 is 0 Å². The van der Waals surface area contributed by atoms with E-state index in [0.29, 0.717) is 0 Å². The fourth-order valence-corrected chi connectivity index (χ4v) is 0. The van der Waals surface area contributed by atoms with Crippen molar-refractivity contribution in [2.45, 2.75) is 0 Å². The molecule has 1 radical (unpaired) electrons. The molecule has 0 amide bonds. The number of hydrogen-bond acceptors (Lipinski definition) is 0. The van der Waals surface area contributed by atoms with E-state index < -0.39 is 0 Å². The molecule has 0 heterocycles. The molecule has 0 bridgehead atoms. The van der Waals surface area contributed by atoms with Crippen LogP contribution in [0.15, 0.2) is 0 Å². The summed E-state index contributed by atoms with van der Waals surface area (Å²) in [5.41, 5.74) is 0. The third-order valence-electron chi connectivity index (χ3n) is 0. The summed E-state index contributed by atoms with van der Waals surface area (Å²) in [5, 5.41) is 0. The molecule has 0 aliphatic rings. The maximum absolute atomic E-state index is 0. The first-order chi connectivity index (χ1) is 0. The normalized spacial score (nSPS) is 0. The molecule has 0 aliphatic carbocycles. The van der Waals surface area contributed by atoms with E-state index in [-0.39, 0.29) is 103 Å². The van der Waals surface area contributed by atoms with Crippen molar-refractivity contribution in [2.24, 2.45) is 0 Å². The van der Waals surface area contributed by atoms with Crippen LogP contribution in [-0.4, -0.2) is 0 Å². The van der Waals surface area contributed by atoms with Gasteiger partial charge in [0.15, 0.2) is 0 Å². The topological polar surface area (TPSA) is 0 Å². The largest absolute Gasteiger partial charge is 0 e. The van der Waals surface area contributed by atoms with Crippen molar-refractivity contribution >= 4 is 0 Å². The maximum Gasteiger partial charge on any atom is 0 e. The van der Waals surface area contributed by atoms with E-state index in [1.165, 1.54) is 0 Å². The van der Waals surface area contributed by atoms with Crippen molar-refractivity contribution in [1.82, 2.24) is 0 Å². The summed E-state index contributed by atoms with van der Waals surface area (Å²) >= 11 is 0. The van der Waals surface area contributed by atoms with Crippen molar-refractivity contribution in [2.75, 3.05) is 0 Å². The van der Waals surface area contributed by atoms with Crippen LogP contribution in [0, 0.1) is 41.7 Å². The molecule has 0 spiro atoms. The summed E-state index contributed by atoms with van der Waals surface area (Å²) in [5.74, 6) is 0. The zero-order chi connectivity index (χ0) is 0. The average molecular weight is 481 g/mol. The minimum Gasteiger partial charge on any atom is 0 e. The van der Waals surface area contributed by atoms with Crippen molar-refractivity contribution in [1.29, 1.82) is 0 Å². The van der Waals surface area contributed by atoms with E-state index in [1.807, 2.05) is 0 Å². The number of hydrogen-bond donors (Lipinski definition) is 0. The van der Waals surface area contributed by atoms with Gasteiger partial charge in [-0.2, -0.15) is 0 Å². The molecule has 0 atom stereocenters. The molecule has 4 heavy (non-hydrogen) atoms. The van der Waals surface area contributed by atoms with Gasteiger partial charge in [-0.1, -0.05) is 0 Å². The van der Waals surface area contributed by atoms with Gasteiger partial charge in [0.25, 0.3) is 0 Å². The standard InChI is InChI=1S/Ce.Ir.Ru.Ti. The van der Waals surface area contributed by atoms with Gasteiger partial charge in [-0.3, -0.25) is 0 Å². The molecule has 0 N–H and O–H groups in total. The molecule has 4 heteroatoms. The van der Waals surface area contributed by atoms with Crippen LogP contribution in [0.2, 0.25) is 0 Å². The van der Waals surface area contributed by atoms with Gasteiger partial charge in [-0.15, -0.1) is 0 Å². The Kier molecular flexibility index (Phi) is 107. The SMILES string of the molecule is [Ce].[Ir].[Ru].[Ti]. The molecule has 0 rings (SSSR count). The fourth-order valence-electron chi connectivity index (χ4n) is 0. The summed E-state index contributed by atoms with van der Waals surface area (Å²) in [6, 6.07) is 0. The zero-order valence-electron chi connectivity index (χ0n) is 1.69. The third kappa shape index (κ3) is 9.03. The van der Waals surface area contributed by atoms with E-state index in [2.05, 4.69) is 0 Å². The molecule has 0 nitrogen and oxygen atoms in total. The van der Waals surface area contributed by atoms with E-state index in [0.717, 1.165) is 0 Å². The van der Waals surface area contributed by atoms with Crippen LogP contribution in [0.25, 0.3) is 0 Å². The Morgan fingerprint density at radius 3 is 1.00 bits per heavy atom. The molecule has 0 aromatic rings. The van der Waals surface area contributed by atoms with Gasteiger partial charge in [0.05, 0.1) is 0 Å². The second-order valence-corrected chi connectivity index (χ2v) is 0. The molecular formula is CeIrRuTi. The quantitative estimate of drug-likeness (QED) is 0.428. The Hall–Kier alpha value is 3.36. The fraction of sp³-hybridized carbons (Fsp3) is 0. The second kappa shape index (κ2) is 16.2. The summed E-state index contributed by atoms with van der Waals surface area (Å²) < 4.78 is 0. The van der Waals surface area contributed by atoms with Gasteiger partial charge in [-0.25, -0.2) is 0 Å². The van der Waals surface area contributed by atoms with Crippen molar-refractivity contribution in [3.05, 3.63) is 0 Å². The van der Waals surface area contributed by atoms with Gasteiger partial charge in [-0.05, 0) is 0 Å². The molecule has 25 valence electrons. The monoisotopic (exact) mass is 483 g/mol. The Morgan fingerprint density at radius 1 is 1.00 bits per heavy atom. The smallest absolute Gasteiger partial charge is 0 e. The Bertz CT molecular complexity index is 8.00. The van der Waals surface area contributed by atoms with Gasteiger partial charge < -0.3 is 0 Å². The number of rotatable bonds is 0. The minimum absolute atomic E-state index is 0. The first kappa shape index (κ1) is 26.4. The van der Waals surface area contributed by atoms with E-state index in [9.17, 15) is 0 Å². The average Bonchev–Trinajstić information content (AvgIpc) is 0. The Morgan fingerprint density at radius 2 is 1.00 bits per heavy atom. The second-order valence-electron chi connectivity index (χ2n) is 0. The maximum atomic E-state index is 0. The van der Waals surface area contributed by atoms with Crippen LogP contribution >= 0.6 is 0 Å². The summed E-state index contributed by atoms with van der Waals surface area (Å²) in [6.07, 6.45) is 0. The van der Waals surface area contributed by atoms with Gasteiger partial charge in [0.2, 0.25) is 0 Å². The van der Waals surface area contributed by atoms with E-state index >= 15 is 0 Å². The molecule has 0 aromatic carbocycles. The van der Waals surface area contributed by atoms with Gasteiger partial charge in [0, 0.05) is 103 Å². The molecule has 0 unspecified atom stereocenters. The van der Waals surface area contributed by atoms with E-state index in [4.69, 9.17) is 0 Å². The Balaban J connectivity index is 0. The summed E-state index contributed by atoms with van der Waals surface area (Å²) in [4.78, 5) is 0. The zero-order valence-corrected chi connectivity index (χ0v) is 10.5. The van der Waals surface area contributed by atoms with Gasteiger partial charge in [0.1, 0.15) is 0 Å². The summed E-state index contributed by atoms with van der Waals surface area (Å²) in [7, 11) is 0. The summed E-state index contributed by atoms with van der Waals surface area (Å²) in [6.45, 7) is 0. The van der Waals surface area contributed by atoms with Crippen molar-refractivity contribution in [3.63, 3.8) is 0 Å². The van der Waals surface area contributed by atoms with Crippen LogP contribution in [-0.2, 0) is 61.3 Å². The van der Waals surface area contributed by atoms with Crippen LogP contribution in [0.5, 0.6) is 0 Å². The van der Waals surface area contributed by atoms with E-state index in [1.54, 1.807) is 0 Å². The minimum atomic E-state index is 0. The molecule has 0 aliphatic heterocycles. The third-order valence-corrected chi connectivity index (χ3v) is 0.